The van der Waals surface area contributed by atoms with E-state index in [1.165, 1.54) is 17.5 Å². The zero-order chi connectivity index (χ0) is 13.4. The zero-order valence-electron chi connectivity index (χ0n) is 12.2. The minimum atomic E-state index is -0.0542. The molecule has 0 aromatic heterocycles. The van der Waals surface area contributed by atoms with Crippen molar-refractivity contribution < 1.29 is 9.47 Å². The highest BCUT2D eigenvalue weighted by atomic mass is 16.5. The normalized spacial score (nSPS) is 37.3. The lowest BCUT2D eigenvalue weighted by atomic mass is 9.61. The summed E-state index contributed by atoms with van der Waals surface area (Å²) in [6.45, 7) is 8.90. The third-order valence-corrected chi connectivity index (χ3v) is 5.36. The number of rotatable bonds is 0. The molecule has 1 unspecified atom stereocenters. The lowest BCUT2D eigenvalue weighted by Gasteiger charge is -2.55. The summed E-state index contributed by atoms with van der Waals surface area (Å²) in [5.74, 6) is 3.37. The minimum Gasteiger partial charge on any atom is -0.487 e. The Morgan fingerprint density at radius 3 is 2.53 bits per heavy atom. The summed E-state index contributed by atoms with van der Waals surface area (Å²) in [5, 5.41) is 0. The Kier molecular flexibility index (Phi) is 2.01. The first-order chi connectivity index (χ1) is 8.88. The summed E-state index contributed by atoms with van der Waals surface area (Å²) in [6, 6.07) is 4.37. The van der Waals surface area contributed by atoms with Gasteiger partial charge in [0.05, 0.1) is 0 Å². The van der Waals surface area contributed by atoms with Crippen molar-refractivity contribution in [2.45, 2.75) is 64.1 Å². The second-order valence-corrected chi connectivity index (χ2v) is 7.39. The van der Waals surface area contributed by atoms with Gasteiger partial charge < -0.3 is 9.47 Å². The van der Waals surface area contributed by atoms with Crippen molar-refractivity contribution in [3.8, 4) is 11.5 Å². The molecular weight excluding hydrogens is 236 g/mol. The third-order valence-electron chi connectivity index (χ3n) is 5.36. The van der Waals surface area contributed by atoms with E-state index in [-0.39, 0.29) is 11.2 Å². The molecule has 2 aliphatic heterocycles. The lowest BCUT2D eigenvalue weighted by Crippen LogP contribution is -2.53. The molecule has 0 spiro atoms. The first-order valence-corrected chi connectivity index (χ1v) is 7.41. The molecule has 19 heavy (non-hydrogen) atoms. The molecule has 3 atom stereocenters. The average Bonchev–Trinajstić information content (AvgIpc) is 2.24. The molecule has 4 rings (SSSR count). The highest BCUT2D eigenvalue weighted by Crippen LogP contribution is 2.60. The fourth-order valence-corrected chi connectivity index (χ4v) is 4.49. The van der Waals surface area contributed by atoms with E-state index < -0.39 is 0 Å². The minimum absolute atomic E-state index is 0.0344. The van der Waals surface area contributed by atoms with Gasteiger partial charge in [0.2, 0.25) is 0 Å². The Balaban J connectivity index is 1.97. The van der Waals surface area contributed by atoms with Crippen LogP contribution in [0.1, 0.15) is 57.1 Å². The van der Waals surface area contributed by atoms with Crippen LogP contribution in [-0.2, 0) is 0 Å². The monoisotopic (exact) mass is 258 g/mol. The number of ether oxygens (including phenoxy) is 2. The topological polar surface area (TPSA) is 18.5 Å². The van der Waals surface area contributed by atoms with Gasteiger partial charge in [-0.25, -0.2) is 0 Å². The summed E-state index contributed by atoms with van der Waals surface area (Å²) in [4.78, 5) is 0. The molecule has 0 radical (unpaired) electrons. The van der Waals surface area contributed by atoms with Crippen molar-refractivity contribution in [2.24, 2.45) is 5.92 Å². The van der Waals surface area contributed by atoms with Gasteiger partial charge >= 0.3 is 0 Å². The molecule has 2 nitrogen and oxygen atoms in total. The van der Waals surface area contributed by atoms with E-state index in [1.807, 2.05) is 0 Å². The molecule has 0 N–H and O–H groups in total. The van der Waals surface area contributed by atoms with E-state index in [0.29, 0.717) is 11.8 Å². The standard InChI is InChI=1S/C17H22O2/c1-10-7-13-15-11-9-17(4,19-14(15)8-10)6-5-12(11)16(2,3)18-13/h7-8,11-12H,5-6,9H2,1-4H3/t11-,12?,17-/m1/s1. The van der Waals surface area contributed by atoms with Gasteiger partial charge in [-0.15, -0.1) is 0 Å². The Morgan fingerprint density at radius 2 is 1.79 bits per heavy atom. The first-order valence-electron chi connectivity index (χ1n) is 7.41. The van der Waals surface area contributed by atoms with Crippen LogP contribution in [0.15, 0.2) is 12.1 Å². The SMILES string of the molecule is Cc1cc2c3c(c1)O[C@]1(C)CCC([C@H]3C1)C(C)(C)O2. The maximum atomic E-state index is 6.33. The summed E-state index contributed by atoms with van der Waals surface area (Å²) < 4.78 is 12.7. The van der Waals surface area contributed by atoms with Crippen molar-refractivity contribution in [2.75, 3.05) is 0 Å². The zero-order valence-corrected chi connectivity index (χ0v) is 12.2. The first kappa shape index (κ1) is 11.6. The lowest BCUT2D eigenvalue weighted by molar-refractivity contribution is -0.0727. The van der Waals surface area contributed by atoms with E-state index in [2.05, 4.69) is 39.8 Å². The van der Waals surface area contributed by atoms with Gasteiger partial charge in [0.25, 0.3) is 0 Å². The molecule has 1 saturated carbocycles. The Bertz CT molecular complexity index is 543. The summed E-state index contributed by atoms with van der Waals surface area (Å²) in [5.41, 5.74) is 2.55. The van der Waals surface area contributed by atoms with Crippen molar-refractivity contribution >= 4 is 0 Å². The van der Waals surface area contributed by atoms with Crippen LogP contribution in [0.25, 0.3) is 0 Å². The summed E-state index contributed by atoms with van der Waals surface area (Å²) in [7, 11) is 0. The molecule has 2 bridgehead atoms. The number of hydrogen-bond acceptors (Lipinski definition) is 2. The van der Waals surface area contributed by atoms with Gasteiger partial charge in [0.1, 0.15) is 22.7 Å². The molecule has 1 aromatic carbocycles. The largest absolute Gasteiger partial charge is 0.487 e. The molecular formula is C17H22O2. The highest BCUT2D eigenvalue weighted by Gasteiger charge is 2.53. The van der Waals surface area contributed by atoms with E-state index in [0.717, 1.165) is 24.3 Å². The number of aryl methyl sites for hydroxylation is 1. The Morgan fingerprint density at radius 1 is 1.11 bits per heavy atom. The van der Waals surface area contributed by atoms with E-state index in [4.69, 9.17) is 9.47 Å². The molecule has 0 amide bonds. The van der Waals surface area contributed by atoms with Crippen LogP contribution in [0.4, 0.5) is 0 Å². The molecule has 1 fully saturated rings. The van der Waals surface area contributed by atoms with Crippen LogP contribution in [0.2, 0.25) is 0 Å². The maximum Gasteiger partial charge on any atom is 0.127 e. The predicted octanol–water partition coefficient (Wildman–Crippen LogP) is 4.20. The number of fused-ring (bicyclic) bond motifs is 1. The Labute approximate surface area is 115 Å². The quantitative estimate of drug-likeness (QED) is 0.694. The van der Waals surface area contributed by atoms with E-state index in [9.17, 15) is 0 Å². The molecule has 2 heterocycles. The molecule has 2 heteroatoms. The smallest absolute Gasteiger partial charge is 0.127 e. The van der Waals surface area contributed by atoms with Gasteiger partial charge in [-0.2, -0.15) is 0 Å². The van der Waals surface area contributed by atoms with Gasteiger partial charge in [-0.05, 0) is 64.7 Å². The molecule has 1 aromatic rings. The van der Waals surface area contributed by atoms with Crippen LogP contribution in [0.3, 0.4) is 0 Å². The van der Waals surface area contributed by atoms with Crippen molar-refractivity contribution in [3.05, 3.63) is 23.3 Å². The van der Waals surface area contributed by atoms with Crippen LogP contribution >= 0.6 is 0 Å². The second-order valence-electron chi connectivity index (χ2n) is 7.39. The fourth-order valence-electron chi connectivity index (χ4n) is 4.49. The molecule has 0 saturated heterocycles. The van der Waals surface area contributed by atoms with Crippen molar-refractivity contribution in [1.82, 2.24) is 0 Å². The van der Waals surface area contributed by atoms with E-state index >= 15 is 0 Å². The average molecular weight is 258 g/mol. The van der Waals surface area contributed by atoms with Gasteiger partial charge in [0, 0.05) is 17.4 Å². The maximum absolute atomic E-state index is 6.33. The van der Waals surface area contributed by atoms with E-state index in [1.54, 1.807) is 0 Å². The second kappa shape index (κ2) is 3.28. The van der Waals surface area contributed by atoms with Crippen LogP contribution in [-0.4, -0.2) is 11.2 Å². The van der Waals surface area contributed by atoms with Crippen LogP contribution in [0.5, 0.6) is 11.5 Å². The van der Waals surface area contributed by atoms with Crippen molar-refractivity contribution in [3.63, 3.8) is 0 Å². The molecule has 102 valence electrons. The fraction of sp³-hybridized carbons (Fsp3) is 0.647. The van der Waals surface area contributed by atoms with Gasteiger partial charge in [0.15, 0.2) is 0 Å². The summed E-state index contributed by atoms with van der Waals surface area (Å²) >= 11 is 0. The molecule has 1 aliphatic carbocycles. The van der Waals surface area contributed by atoms with Crippen LogP contribution in [0, 0.1) is 12.8 Å². The highest BCUT2D eigenvalue weighted by molar-refractivity contribution is 5.54. The summed E-state index contributed by atoms with van der Waals surface area (Å²) in [6.07, 6.45) is 3.50. The number of hydrogen-bond donors (Lipinski definition) is 0. The molecule has 3 aliphatic rings. The Hall–Kier alpha value is -1.18. The van der Waals surface area contributed by atoms with Gasteiger partial charge in [-0.3, -0.25) is 0 Å². The van der Waals surface area contributed by atoms with Crippen LogP contribution < -0.4 is 9.47 Å². The third kappa shape index (κ3) is 1.49. The predicted molar refractivity (Wildman–Crippen MR) is 75.0 cm³/mol. The number of benzene rings is 1. The van der Waals surface area contributed by atoms with Gasteiger partial charge in [-0.1, -0.05) is 0 Å². The van der Waals surface area contributed by atoms with Crippen molar-refractivity contribution in [1.29, 1.82) is 0 Å².